The summed E-state index contributed by atoms with van der Waals surface area (Å²) >= 11 is 0. The second kappa shape index (κ2) is 18.1. The van der Waals surface area contributed by atoms with Crippen molar-refractivity contribution in [2.75, 3.05) is 4.90 Å². The summed E-state index contributed by atoms with van der Waals surface area (Å²) in [4.78, 5) is 2.38. The van der Waals surface area contributed by atoms with Crippen molar-refractivity contribution in [3.05, 3.63) is 278 Å². The van der Waals surface area contributed by atoms with E-state index in [1.54, 1.807) is 0 Å². The van der Waals surface area contributed by atoms with E-state index in [0.717, 1.165) is 29.9 Å². The lowest BCUT2D eigenvalue weighted by Crippen LogP contribution is -2.09. The fourth-order valence-electron chi connectivity index (χ4n) is 10.9. The molecule has 1 nitrogen and oxygen atoms in total. The predicted octanol–water partition coefficient (Wildman–Crippen LogP) is 19.6. The molecule has 0 fully saturated rings. The van der Waals surface area contributed by atoms with Gasteiger partial charge < -0.3 is 4.90 Å². The molecule has 71 heavy (non-hydrogen) atoms. The molecule has 12 aromatic rings. The van der Waals surface area contributed by atoms with Gasteiger partial charge in [-0.3, -0.25) is 0 Å². The summed E-state index contributed by atoms with van der Waals surface area (Å²) in [5.41, 5.74) is 20.7. The maximum absolute atomic E-state index is 2.38. The Balaban J connectivity index is 0.849. The van der Waals surface area contributed by atoms with Gasteiger partial charge in [0.15, 0.2) is 0 Å². The minimum absolute atomic E-state index is 1.07. The first kappa shape index (κ1) is 42.1. The van der Waals surface area contributed by atoms with Crippen LogP contribution >= 0.6 is 0 Å². The summed E-state index contributed by atoms with van der Waals surface area (Å²) in [6.07, 6.45) is 6.72. The van der Waals surface area contributed by atoms with Gasteiger partial charge in [0.25, 0.3) is 0 Å². The Morgan fingerprint density at radius 2 is 0.718 bits per heavy atom. The van der Waals surface area contributed by atoms with Gasteiger partial charge in [0, 0.05) is 17.1 Å². The Morgan fingerprint density at radius 1 is 0.268 bits per heavy atom. The van der Waals surface area contributed by atoms with Gasteiger partial charge >= 0.3 is 0 Å². The van der Waals surface area contributed by atoms with E-state index in [2.05, 4.69) is 278 Å². The molecule has 0 unspecified atom stereocenters. The maximum Gasteiger partial charge on any atom is 0.0462 e. The lowest BCUT2D eigenvalue weighted by atomic mass is 9.88. The average molecular weight is 904 g/mol. The Hall–Kier alpha value is -9.04. The molecule has 0 aromatic heterocycles. The Bertz CT molecular complexity index is 3970. The second-order valence-electron chi connectivity index (χ2n) is 18.8. The molecule has 1 aliphatic carbocycles. The molecule has 1 aliphatic rings. The van der Waals surface area contributed by atoms with Crippen molar-refractivity contribution >= 4 is 55.5 Å². The van der Waals surface area contributed by atoms with Crippen LogP contribution in [-0.4, -0.2) is 0 Å². The highest BCUT2D eigenvalue weighted by Gasteiger charge is 2.17. The number of hydrogen-bond acceptors (Lipinski definition) is 1. The van der Waals surface area contributed by atoms with Crippen LogP contribution in [0.5, 0.6) is 0 Å². The molecule has 334 valence electrons. The van der Waals surface area contributed by atoms with Gasteiger partial charge in [-0.15, -0.1) is 0 Å². The van der Waals surface area contributed by atoms with E-state index in [9.17, 15) is 0 Å². The number of benzene rings is 12. The van der Waals surface area contributed by atoms with Gasteiger partial charge in [-0.25, -0.2) is 0 Å². The molecule has 0 amide bonds. The van der Waals surface area contributed by atoms with Crippen LogP contribution in [-0.2, 0) is 6.42 Å². The highest BCUT2D eigenvalue weighted by atomic mass is 15.1. The van der Waals surface area contributed by atoms with Crippen LogP contribution in [0.25, 0.3) is 105 Å². The van der Waals surface area contributed by atoms with Crippen LogP contribution in [0.15, 0.2) is 267 Å². The van der Waals surface area contributed by atoms with Gasteiger partial charge in [-0.05, 0) is 190 Å². The largest absolute Gasteiger partial charge is 0.311 e. The number of anilines is 3. The minimum atomic E-state index is 1.07. The van der Waals surface area contributed by atoms with Crippen molar-refractivity contribution in [1.29, 1.82) is 0 Å². The second-order valence-corrected chi connectivity index (χ2v) is 18.8. The van der Waals surface area contributed by atoms with Crippen LogP contribution in [0.2, 0.25) is 0 Å². The van der Waals surface area contributed by atoms with E-state index in [-0.39, 0.29) is 0 Å². The number of rotatable bonds is 9. The number of hydrogen-bond donors (Lipinski definition) is 0. The fraction of sp³-hybridized carbons (Fsp3) is 0.0286. The minimum Gasteiger partial charge on any atom is -0.311 e. The molecule has 0 saturated heterocycles. The molecule has 0 aliphatic heterocycles. The van der Waals surface area contributed by atoms with Crippen molar-refractivity contribution in [2.45, 2.75) is 12.8 Å². The molecular formula is C70H49N. The van der Waals surface area contributed by atoms with E-state index >= 15 is 0 Å². The third-order valence-electron chi connectivity index (χ3n) is 14.5. The molecule has 0 saturated carbocycles. The molecular weight excluding hydrogens is 855 g/mol. The highest BCUT2D eigenvalue weighted by molar-refractivity contribution is 6.14. The van der Waals surface area contributed by atoms with Crippen LogP contribution in [0.3, 0.4) is 0 Å². The van der Waals surface area contributed by atoms with Gasteiger partial charge in [-0.1, -0.05) is 206 Å². The Kier molecular flexibility index (Phi) is 10.7. The van der Waals surface area contributed by atoms with E-state index < -0.39 is 0 Å². The lowest BCUT2D eigenvalue weighted by Gasteiger charge is -2.26. The van der Waals surface area contributed by atoms with Crippen molar-refractivity contribution in [2.24, 2.45) is 0 Å². The van der Waals surface area contributed by atoms with Crippen LogP contribution in [0, 0.1) is 0 Å². The standard InChI is InChI=1S/C70H49N/c1-2-15-53-44-58(30-29-48(53)13-1)57-21-9-18-54(43-57)49-31-37-62(38-32-49)71(63-39-33-50(34-40-63)55-19-10-22-59(45-55)66-28-12-17-52-14-3-5-24-65(52)66)64-41-35-51(36-42-64)56-20-11-23-60(46-56)70-47-61-16-4-6-25-67(61)68-26-7-8-27-69(68)70/h1-4,6-23,25-47H,5,24H2. The molecule has 0 heterocycles. The average Bonchev–Trinajstić information content (AvgIpc) is 3.45. The van der Waals surface area contributed by atoms with E-state index in [0.29, 0.717) is 0 Å². The van der Waals surface area contributed by atoms with Gasteiger partial charge in [-0.2, -0.15) is 0 Å². The molecule has 0 radical (unpaired) electrons. The molecule has 0 bridgehead atoms. The van der Waals surface area contributed by atoms with Crippen LogP contribution in [0.4, 0.5) is 17.1 Å². The summed E-state index contributed by atoms with van der Waals surface area (Å²) in [7, 11) is 0. The first-order chi connectivity index (χ1) is 35.2. The van der Waals surface area contributed by atoms with Crippen LogP contribution < -0.4 is 4.90 Å². The van der Waals surface area contributed by atoms with Crippen molar-refractivity contribution in [1.82, 2.24) is 0 Å². The lowest BCUT2D eigenvalue weighted by molar-refractivity contribution is 0.988. The topological polar surface area (TPSA) is 3.24 Å². The predicted molar refractivity (Wildman–Crippen MR) is 304 cm³/mol. The smallest absolute Gasteiger partial charge is 0.0462 e. The summed E-state index contributed by atoms with van der Waals surface area (Å²) < 4.78 is 0. The number of allylic oxidation sites excluding steroid dienone is 1. The molecule has 0 N–H and O–H groups in total. The summed E-state index contributed by atoms with van der Waals surface area (Å²) in [5, 5.41) is 7.59. The van der Waals surface area contributed by atoms with Crippen molar-refractivity contribution in [3.63, 3.8) is 0 Å². The molecule has 13 rings (SSSR count). The molecule has 0 spiro atoms. The molecule has 1 heteroatoms. The zero-order valence-electron chi connectivity index (χ0n) is 39.3. The Labute approximate surface area is 415 Å². The fourth-order valence-corrected chi connectivity index (χ4v) is 10.9. The maximum atomic E-state index is 2.38. The zero-order chi connectivity index (χ0) is 47.1. The quantitative estimate of drug-likeness (QED) is 0.130. The number of nitrogens with zero attached hydrogens (tertiary/aromatic N) is 1. The van der Waals surface area contributed by atoms with Gasteiger partial charge in [0.1, 0.15) is 0 Å². The van der Waals surface area contributed by atoms with E-state index in [1.165, 1.54) is 110 Å². The van der Waals surface area contributed by atoms with E-state index in [1.807, 2.05) is 0 Å². The third-order valence-corrected chi connectivity index (χ3v) is 14.5. The van der Waals surface area contributed by atoms with Crippen molar-refractivity contribution < 1.29 is 0 Å². The van der Waals surface area contributed by atoms with Gasteiger partial charge in [0.2, 0.25) is 0 Å². The van der Waals surface area contributed by atoms with E-state index in [4.69, 9.17) is 0 Å². The summed E-state index contributed by atoms with van der Waals surface area (Å²) in [6.45, 7) is 0. The first-order valence-electron chi connectivity index (χ1n) is 24.8. The van der Waals surface area contributed by atoms with Gasteiger partial charge in [0.05, 0.1) is 0 Å². The third kappa shape index (κ3) is 8.08. The normalized spacial score (nSPS) is 12.1. The first-order valence-corrected chi connectivity index (χ1v) is 24.8. The molecule has 12 aromatic carbocycles. The van der Waals surface area contributed by atoms with Crippen molar-refractivity contribution in [3.8, 4) is 66.8 Å². The highest BCUT2D eigenvalue weighted by Crippen LogP contribution is 2.41. The molecule has 0 atom stereocenters. The summed E-state index contributed by atoms with van der Waals surface area (Å²) in [5.74, 6) is 0. The van der Waals surface area contributed by atoms with Crippen LogP contribution in [0.1, 0.15) is 17.5 Å². The zero-order valence-corrected chi connectivity index (χ0v) is 39.3. The Morgan fingerprint density at radius 3 is 1.34 bits per heavy atom. The number of fused-ring (bicyclic) bond motifs is 5. The summed E-state index contributed by atoms with van der Waals surface area (Å²) in [6, 6.07) is 96.0. The monoisotopic (exact) mass is 903 g/mol. The SMILES string of the molecule is C1=Cc2cccc(-c3cccc(-c4ccc(N(c5ccc(-c6cccc(-c7ccc8ccccc8c7)c6)cc5)c5ccc(-c6cccc(-c7cc8ccccc8c8ccccc78)c6)cc5)cc4)c3)c2CC1.